The molecule has 1 aliphatic rings. The topological polar surface area (TPSA) is 116 Å². The third-order valence-corrected chi connectivity index (χ3v) is 7.82. The lowest BCUT2D eigenvalue weighted by molar-refractivity contribution is -0.192. The monoisotopic (exact) mass is 559 g/mol. The lowest BCUT2D eigenvalue weighted by Gasteiger charge is -2.30. The van der Waals surface area contributed by atoms with Crippen molar-refractivity contribution < 1.29 is 41.0 Å². The molecule has 3 rings (SSSR count). The van der Waals surface area contributed by atoms with E-state index in [0.29, 0.717) is 43.1 Å². The Labute approximate surface area is 220 Å². The first-order valence-electron chi connectivity index (χ1n) is 11.7. The van der Waals surface area contributed by atoms with Crippen molar-refractivity contribution >= 4 is 21.9 Å². The normalized spacial score (nSPS) is 14.1. The number of methoxy groups -OCH3 is 1. The first kappa shape index (κ1) is 31.1. The van der Waals surface area contributed by atoms with Gasteiger partial charge in [-0.1, -0.05) is 29.8 Å². The third kappa shape index (κ3) is 8.43. The number of piperazine rings is 1. The molecule has 0 atom stereocenters. The summed E-state index contributed by atoms with van der Waals surface area (Å²) in [4.78, 5) is 23.9. The van der Waals surface area contributed by atoms with Crippen LogP contribution in [0.2, 0.25) is 0 Å². The second kappa shape index (κ2) is 13.1. The van der Waals surface area contributed by atoms with Gasteiger partial charge in [-0.2, -0.15) is 17.5 Å². The lowest BCUT2D eigenvalue weighted by Crippen LogP contribution is -2.50. The molecule has 1 amide bonds. The van der Waals surface area contributed by atoms with Crippen LogP contribution in [0.15, 0.2) is 41.3 Å². The van der Waals surface area contributed by atoms with Gasteiger partial charge >= 0.3 is 12.1 Å². The Morgan fingerprint density at radius 3 is 2.13 bits per heavy atom. The number of aliphatic carboxylic acids is 1. The zero-order chi connectivity index (χ0) is 28.7. The quantitative estimate of drug-likeness (QED) is 0.536. The van der Waals surface area contributed by atoms with Crippen molar-refractivity contribution in [3.8, 4) is 5.75 Å². The number of nitrogens with zero attached hydrogens (tertiary/aromatic N) is 2. The number of carbonyl (C=O) groups is 2. The van der Waals surface area contributed by atoms with Crippen LogP contribution in [0.4, 0.5) is 13.2 Å². The zero-order valence-corrected chi connectivity index (χ0v) is 22.4. The average molecular weight is 560 g/mol. The number of carboxylic acids is 1. The van der Waals surface area contributed by atoms with Crippen LogP contribution in [0.3, 0.4) is 0 Å². The molecule has 38 heavy (non-hydrogen) atoms. The minimum atomic E-state index is -5.08. The smallest absolute Gasteiger partial charge is 0.490 e. The fraction of sp³-hybridized carbons (Fsp3) is 0.440. The first-order chi connectivity index (χ1) is 17.7. The first-order valence-corrected chi connectivity index (χ1v) is 13.1. The Bertz CT molecular complexity index is 1220. The SMILES string of the molecule is COc1cccc(CN(CC(=O)N2CCNCC2)S(=O)(=O)c2c(C)cc(C)cc2C)c1.O=C(O)C(F)(F)F. The standard InChI is InChI=1S/C23H31N3O4S.C2HF3O2/c1-17-12-18(2)23(19(3)13-17)31(28,29)26(15-20-6-5-7-21(14-20)30-4)16-22(27)25-10-8-24-9-11-25;3-2(4,5)1(6)7/h5-7,12-14,24H,8-11,15-16H2,1-4H3;(H,6,7). The zero-order valence-electron chi connectivity index (χ0n) is 21.6. The van der Waals surface area contributed by atoms with Gasteiger partial charge in [-0.15, -0.1) is 0 Å². The number of carbonyl (C=O) groups excluding carboxylic acids is 1. The second-order valence-corrected chi connectivity index (χ2v) is 10.7. The molecule has 0 aliphatic carbocycles. The highest BCUT2D eigenvalue weighted by atomic mass is 32.2. The summed E-state index contributed by atoms with van der Waals surface area (Å²) in [7, 11) is -2.33. The molecule has 1 saturated heterocycles. The number of benzene rings is 2. The molecule has 0 bridgehead atoms. The molecule has 2 N–H and O–H groups in total. The van der Waals surface area contributed by atoms with E-state index in [4.69, 9.17) is 14.6 Å². The number of rotatable bonds is 7. The Morgan fingerprint density at radius 2 is 1.63 bits per heavy atom. The van der Waals surface area contributed by atoms with E-state index >= 15 is 0 Å². The minimum absolute atomic E-state index is 0.0874. The highest BCUT2D eigenvalue weighted by Crippen LogP contribution is 2.27. The van der Waals surface area contributed by atoms with Crippen molar-refractivity contribution in [3.05, 3.63) is 58.7 Å². The molecule has 1 fully saturated rings. The van der Waals surface area contributed by atoms with Crippen molar-refractivity contribution in [2.45, 2.75) is 38.4 Å². The number of ether oxygens (including phenoxy) is 1. The molecule has 13 heteroatoms. The van der Waals surface area contributed by atoms with Crippen molar-refractivity contribution in [3.63, 3.8) is 0 Å². The molecular weight excluding hydrogens is 527 g/mol. The molecule has 1 heterocycles. The van der Waals surface area contributed by atoms with Crippen molar-refractivity contribution in [1.82, 2.24) is 14.5 Å². The third-order valence-electron chi connectivity index (χ3n) is 5.72. The van der Waals surface area contributed by atoms with Crippen LogP contribution in [0.5, 0.6) is 5.75 Å². The van der Waals surface area contributed by atoms with Gasteiger partial charge in [-0.3, -0.25) is 4.79 Å². The maximum absolute atomic E-state index is 13.8. The van der Waals surface area contributed by atoms with E-state index in [1.165, 1.54) is 4.31 Å². The van der Waals surface area contributed by atoms with Crippen LogP contribution in [0.25, 0.3) is 0 Å². The molecule has 0 radical (unpaired) electrons. The minimum Gasteiger partial charge on any atom is -0.497 e. The Hall–Kier alpha value is -3.16. The maximum Gasteiger partial charge on any atom is 0.490 e. The van der Waals surface area contributed by atoms with Gasteiger partial charge < -0.3 is 20.1 Å². The van der Waals surface area contributed by atoms with Gasteiger partial charge in [0.1, 0.15) is 5.75 Å². The predicted octanol–water partition coefficient (Wildman–Crippen LogP) is 2.88. The Balaban J connectivity index is 0.000000638. The highest BCUT2D eigenvalue weighted by molar-refractivity contribution is 7.89. The van der Waals surface area contributed by atoms with Crippen LogP contribution < -0.4 is 10.1 Å². The van der Waals surface area contributed by atoms with Crippen LogP contribution in [-0.2, 0) is 26.2 Å². The largest absolute Gasteiger partial charge is 0.497 e. The number of carboxylic acid groups (broad SMARTS) is 1. The number of amides is 1. The van der Waals surface area contributed by atoms with E-state index in [2.05, 4.69) is 5.32 Å². The van der Waals surface area contributed by atoms with Gasteiger partial charge in [0.05, 0.1) is 18.6 Å². The molecule has 9 nitrogen and oxygen atoms in total. The molecule has 210 valence electrons. The van der Waals surface area contributed by atoms with Crippen molar-refractivity contribution in [1.29, 1.82) is 0 Å². The van der Waals surface area contributed by atoms with E-state index < -0.39 is 22.2 Å². The number of hydrogen-bond donors (Lipinski definition) is 2. The van der Waals surface area contributed by atoms with Crippen molar-refractivity contribution in [2.24, 2.45) is 0 Å². The van der Waals surface area contributed by atoms with Crippen LogP contribution in [0.1, 0.15) is 22.3 Å². The summed E-state index contributed by atoms with van der Waals surface area (Å²) in [5.41, 5.74) is 3.13. The van der Waals surface area contributed by atoms with E-state index in [-0.39, 0.29) is 23.9 Å². The van der Waals surface area contributed by atoms with Gasteiger partial charge in [0.25, 0.3) is 0 Å². The summed E-state index contributed by atoms with van der Waals surface area (Å²) in [5.74, 6) is -2.30. The van der Waals surface area contributed by atoms with E-state index in [9.17, 15) is 26.4 Å². The summed E-state index contributed by atoms with van der Waals surface area (Å²) in [6, 6.07) is 11.0. The molecule has 0 aromatic heterocycles. The number of aryl methyl sites for hydroxylation is 3. The number of sulfonamides is 1. The highest BCUT2D eigenvalue weighted by Gasteiger charge is 2.38. The fourth-order valence-electron chi connectivity index (χ4n) is 4.07. The summed E-state index contributed by atoms with van der Waals surface area (Å²) >= 11 is 0. The summed E-state index contributed by atoms with van der Waals surface area (Å²) in [6.07, 6.45) is -5.08. The number of alkyl halides is 3. The van der Waals surface area contributed by atoms with Gasteiger partial charge in [-0.05, 0) is 49.6 Å². The van der Waals surface area contributed by atoms with Crippen LogP contribution >= 0.6 is 0 Å². The van der Waals surface area contributed by atoms with Crippen LogP contribution in [-0.4, -0.2) is 80.6 Å². The molecule has 0 saturated carbocycles. The van der Waals surface area contributed by atoms with Crippen molar-refractivity contribution in [2.75, 3.05) is 39.8 Å². The number of hydrogen-bond acceptors (Lipinski definition) is 6. The summed E-state index contributed by atoms with van der Waals surface area (Å²) in [6.45, 7) is 8.01. The van der Waals surface area contributed by atoms with Gasteiger partial charge in [0.15, 0.2) is 0 Å². The summed E-state index contributed by atoms with van der Waals surface area (Å²) < 4.78 is 65.9. The molecule has 0 spiro atoms. The predicted molar refractivity (Wildman–Crippen MR) is 134 cm³/mol. The van der Waals surface area contributed by atoms with Gasteiger partial charge in [-0.25, -0.2) is 13.2 Å². The van der Waals surface area contributed by atoms with Crippen LogP contribution in [0, 0.1) is 20.8 Å². The summed E-state index contributed by atoms with van der Waals surface area (Å²) in [5, 5.41) is 10.3. The van der Waals surface area contributed by atoms with Gasteiger partial charge in [0.2, 0.25) is 15.9 Å². The Morgan fingerprint density at radius 1 is 1.08 bits per heavy atom. The molecule has 1 aliphatic heterocycles. The average Bonchev–Trinajstić information content (AvgIpc) is 2.83. The Kier molecular flexibility index (Phi) is 10.7. The maximum atomic E-state index is 13.8. The fourth-order valence-corrected chi connectivity index (χ4v) is 5.86. The number of nitrogens with one attached hydrogen (secondary N) is 1. The van der Waals surface area contributed by atoms with E-state index in [0.717, 1.165) is 11.1 Å². The molecule has 2 aromatic carbocycles. The number of halogens is 3. The van der Waals surface area contributed by atoms with Gasteiger partial charge in [0, 0.05) is 32.7 Å². The molecule has 2 aromatic rings. The molecule has 0 unspecified atom stereocenters. The molecular formula is C25H32F3N3O6S. The van der Waals surface area contributed by atoms with E-state index in [1.807, 2.05) is 37.3 Å². The second-order valence-electron chi connectivity index (χ2n) is 8.79. The lowest BCUT2D eigenvalue weighted by atomic mass is 10.1. The van der Waals surface area contributed by atoms with E-state index in [1.54, 1.807) is 31.9 Å².